The lowest BCUT2D eigenvalue weighted by Gasteiger charge is -2.31. The van der Waals surface area contributed by atoms with Crippen molar-refractivity contribution >= 4 is 15.9 Å². The van der Waals surface area contributed by atoms with Crippen molar-refractivity contribution in [3.63, 3.8) is 0 Å². The zero-order valence-corrected chi connectivity index (χ0v) is 13.2. The summed E-state index contributed by atoms with van der Waals surface area (Å²) in [6, 6.07) is 0. The Hall–Kier alpha value is -0.800. The fourth-order valence-electron chi connectivity index (χ4n) is 3.13. The summed E-state index contributed by atoms with van der Waals surface area (Å²) in [5, 5.41) is 2.83. The topological polar surface area (TPSA) is 92.5 Å². The number of alkyl halides is 2. The third-order valence-electron chi connectivity index (χ3n) is 4.66. The first-order valence-electron chi connectivity index (χ1n) is 7.60. The summed E-state index contributed by atoms with van der Waals surface area (Å²) in [6.45, 7) is 0.558. The van der Waals surface area contributed by atoms with E-state index in [0.717, 1.165) is 17.1 Å². The molecule has 128 valence electrons. The quantitative estimate of drug-likeness (QED) is 0.769. The first kappa shape index (κ1) is 17.6. The predicted octanol–water partition coefficient (Wildman–Crippen LogP) is 0.638. The molecule has 2 aliphatic rings. The van der Waals surface area contributed by atoms with E-state index in [2.05, 4.69) is 5.32 Å². The maximum atomic E-state index is 12.5. The number of carbonyl (C=O) groups is 1. The highest BCUT2D eigenvalue weighted by atomic mass is 32.2. The van der Waals surface area contributed by atoms with Gasteiger partial charge in [0.2, 0.25) is 5.91 Å². The van der Waals surface area contributed by atoms with Gasteiger partial charge in [-0.25, -0.2) is 8.42 Å². The Balaban J connectivity index is 1.77. The molecule has 1 saturated heterocycles. The van der Waals surface area contributed by atoms with Crippen LogP contribution >= 0.6 is 0 Å². The van der Waals surface area contributed by atoms with Crippen molar-refractivity contribution in [2.75, 3.05) is 19.6 Å². The number of carbonyl (C=O) groups excluding carboxylic acids is 1. The van der Waals surface area contributed by atoms with E-state index in [1.807, 2.05) is 0 Å². The molecular formula is C13H23F2N3O3S. The molecule has 1 aliphatic heterocycles. The number of nitrogens with zero attached hydrogens (tertiary/aromatic N) is 1. The molecule has 0 aromatic heterocycles. The van der Waals surface area contributed by atoms with Gasteiger partial charge in [-0.1, -0.05) is 12.8 Å². The molecule has 0 unspecified atom stereocenters. The van der Waals surface area contributed by atoms with Crippen LogP contribution in [0.5, 0.6) is 0 Å². The predicted molar refractivity (Wildman–Crippen MR) is 77.6 cm³/mol. The Morgan fingerprint density at radius 2 is 1.82 bits per heavy atom. The zero-order valence-electron chi connectivity index (χ0n) is 12.4. The second-order valence-corrected chi connectivity index (χ2v) is 8.12. The number of sulfonamides is 1. The van der Waals surface area contributed by atoms with E-state index < -0.39 is 21.3 Å². The highest BCUT2D eigenvalue weighted by molar-refractivity contribution is 7.89. The molecule has 9 heteroatoms. The van der Waals surface area contributed by atoms with E-state index in [9.17, 15) is 22.0 Å². The summed E-state index contributed by atoms with van der Waals surface area (Å²) >= 11 is 0. The summed E-state index contributed by atoms with van der Waals surface area (Å²) < 4.78 is 48.5. The standard InChI is InChI=1S/C13H23F2N3O3S/c14-12(15)22(20,21)18-7-3-10(4-8-18)9-17-11(19)13(16)5-1-2-6-13/h10,12H,1-9,16H2,(H,17,19). The molecule has 1 heterocycles. The second kappa shape index (κ2) is 6.76. The molecule has 0 aromatic carbocycles. The summed E-state index contributed by atoms with van der Waals surface area (Å²) in [5.41, 5.74) is 5.27. The lowest BCUT2D eigenvalue weighted by Crippen LogP contribution is -2.53. The minimum absolute atomic E-state index is 0.0704. The zero-order chi connectivity index (χ0) is 16.4. The normalized spacial score (nSPS) is 23.8. The van der Waals surface area contributed by atoms with Crippen LogP contribution in [0.15, 0.2) is 0 Å². The second-order valence-electron chi connectivity index (χ2n) is 6.22. The van der Waals surface area contributed by atoms with Crippen LogP contribution in [0.25, 0.3) is 0 Å². The van der Waals surface area contributed by atoms with Crippen LogP contribution in [0.3, 0.4) is 0 Å². The van der Waals surface area contributed by atoms with Gasteiger partial charge >= 0.3 is 5.76 Å². The molecule has 0 spiro atoms. The van der Waals surface area contributed by atoms with E-state index in [4.69, 9.17) is 5.73 Å². The first-order valence-corrected chi connectivity index (χ1v) is 9.10. The summed E-state index contributed by atoms with van der Waals surface area (Å²) in [5.74, 6) is -3.44. The minimum Gasteiger partial charge on any atom is -0.354 e. The third kappa shape index (κ3) is 3.75. The molecule has 0 aromatic rings. The fourth-order valence-corrected chi connectivity index (χ4v) is 4.07. The van der Waals surface area contributed by atoms with Crippen LogP contribution in [0, 0.1) is 5.92 Å². The van der Waals surface area contributed by atoms with Crippen LogP contribution in [0.1, 0.15) is 38.5 Å². The molecular weight excluding hydrogens is 316 g/mol. The van der Waals surface area contributed by atoms with Crippen molar-refractivity contribution in [3.05, 3.63) is 0 Å². The molecule has 0 bridgehead atoms. The monoisotopic (exact) mass is 339 g/mol. The Bertz CT molecular complexity index is 499. The van der Waals surface area contributed by atoms with E-state index in [1.54, 1.807) is 0 Å². The van der Waals surface area contributed by atoms with Crippen LogP contribution in [0.2, 0.25) is 0 Å². The van der Waals surface area contributed by atoms with Crippen molar-refractivity contribution in [1.82, 2.24) is 9.62 Å². The van der Waals surface area contributed by atoms with Crippen LogP contribution in [-0.4, -0.2) is 49.6 Å². The van der Waals surface area contributed by atoms with Gasteiger partial charge in [-0.05, 0) is 31.6 Å². The maximum absolute atomic E-state index is 12.5. The first-order chi connectivity index (χ1) is 10.3. The minimum atomic E-state index is -4.48. The van der Waals surface area contributed by atoms with Crippen molar-refractivity contribution in [2.45, 2.75) is 49.8 Å². The number of piperidine rings is 1. The molecule has 3 N–H and O–H groups in total. The van der Waals surface area contributed by atoms with Gasteiger partial charge in [0, 0.05) is 19.6 Å². The van der Waals surface area contributed by atoms with Crippen LogP contribution < -0.4 is 11.1 Å². The number of nitrogens with two attached hydrogens (primary N) is 1. The summed E-state index contributed by atoms with van der Waals surface area (Å²) in [7, 11) is -4.48. The number of hydrogen-bond donors (Lipinski definition) is 2. The van der Waals surface area contributed by atoms with Gasteiger partial charge < -0.3 is 11.1 Å². The fraction of sp³-hybridized carbons (Fsp3) is 0.923. The summed E-state index contributed by atoms with van der Waals surface area (Å²) in [6.07, 6.45) is 4.20. The molecule has 1 amide bonds. The van der Waals surface area contributed by atoms with E-state index >= 15 is 0 Å². The Morgan fingerprint density at radius 3 is 2.32 bits per heavy atom. The average Bonchev–Trinajstić information content (AvgIpc) is 2.93. The number of amides is 1. The Kier molecular flexibility index (Phi) is 5.39. The molecule has 2 rings (SSSR count). The van der Waals surface area contributed by atoms with Gasteiger partial charge in [-0.15, -0.1) is 0 Å². The number of rotatable bonds is 5. The van der Waals surface area contributed by atoms with E-state index in [-0.39, 0.29) is 24.9 Å². The number of nitrogens with one attached hydrogen (secondary N) is 1. The number of halogens is 2. The van der Waals surface area contributed by atoms with Crippen LogP contribution in [-0.2, 0) is 14.8 Å². The largest absolute Gasteiger partial charge is 0.354 e. The Labute approximate surface area is 129 Å². The molecule has 22 heavy (non-hydrogen) atoms. The lowest BCUT2D eigenvalue weighted by molar-refractivity contribution is -0.126. The Morgan fingerprint density at radius 1 is 1.27 bits per heavy atom. The van der Waals surface area contributed by atoms with Crippen molar-refractivity contribution in [1.29, 1.82) is 0 Å². The molecule has 0 radical (unpaired) electrons. The molecule has 1 saturated carbocycles. The average molecular weight is 339 g/mol. The molecule has 0 atom stereocenters. The smallest absolute Gasteiger partial charge is 0.350 e. The van der Waals surface area contributed by atoms with E-state index in [0.29, 0.717) is 32.2 Å². The third-order valence-corrected chi connectivity index (χ3v) is 6.19. The molecule has 2 fully saturated rings. The van der Waals surface area contributed by atoms with E-state index in [1.165, 1.54) is 0 Å². The van der Waals surface area contributed by atoms with Gasteiger partial charge in [0.1, 0.15) is 0 Å². The van der Waals surface area contributed by atoms with Crippen molar-refractivity contribution < 1.29 is 22.0 Å². The highest BCUT2D eigenvalue weighted by Crippen LogP contribution is 2.27. The highest BCUT2D eigenvalue weighted by Gasteiger charge is 2.38. The molecule has 1 aliphatic carbocycles. The van der Waals surface area contributed by atoms with Crippen molar-refractivity contribution in [2.24, 2.45) is 11.7 Å². The van der Waals surface area contributed by atoms with Crippen molar-refractivity contribution in [3.8, 4) is 0 Å². The van der Waals surface area contributed by atoms with Gasteiger partial charge in [0.15, 0.2) is 0 Å². The summed E-state index contributed by atoms with van der Waals surface area (Å²) in [4.78, 5) is 12.1. The van der Waals surface area contributed by atoms with Gasteiger partial charge in [-0.2, -0.15) is 13.1 Å². The molecule has 6 nitrogen and oxygen atoms in total. The number of hydrogen-bond acceptors (Lipinski definition) is 4. The van der Waals surface area contributed by atoms with Gasteiger partial charge in [0.05, 0.1) is 5.54 Å². The van der Waals surface area contributed by atoms with Gasteiger partial charge in [0.25, 0.3) is 10.0 Å². The maximum Gasteiger partial charge on any atom is 0.350 e. The van der Waals surface area contributed by atoms with Crippen LogP contribution in [0.4, 0.5) is 8.78 Å². The SMILES string of the molecule is NC1(C(=O)NCC2CCN(S(=O)(=O)C(F)F)CC2)CCCC1. The lowest BCUT2D eigenvalue weighted by atomic mass is 9.95. The van der Waals surface area contributed by atoms with Gasteiger partial charge in [-0.3, -0.25) is 4.79 Å².